The van der Waals surface area contributed by atoms with E-state index >= 15 is 0 Å². The Morgan fingerprint density at radius 2 is 1.83 bits per heavy atom. The lowest BCUT2D eigenvalue weighted by atomic mass is 10.2. The van der Waals surface area contributed by atoms with Gasteiger partial charge in [-0.3, -0.25) is 25.7 Å². The zero-order chi connectivity index (χ0) is 21.4. The molecule has 11 nitrogen and oxygen atoms in total. The Morgan fingerprint density at radius 1 is 1.14 bits per heavy atom. The monoisotopic (exact) mass is 402 g/mol. The summed E-state index contributed by atoms with van der Waals surface area (Å²) in [6, 6.07) is 9.78. The van der Waals surface area contributed by atoms with Crippen molar-refractivity contribution in [2.24, 2.45) is 5.10 Å². The van der Waals surface area contributed by atoms with Crippen LogP contribution in [0.15, 0.2) is 47.6 Å². The fourth-order valence-corrected chi connectivity index (χ4v) is 2.14. The van der Waals surface area contributed by atoms with Crippen LogP contribution in [0.3, 0.4) is 0 Å². The number of esters is 1. The summed E-state index contributed by atoms with van der Waals surface area (Å²) in [6.07, 6.45) is 1.19. The Bertz CT molecular complexity index is 926. The van der Waals surface area contributed by atoms with Gasteiger partial charge in [-0.05, 0) is 49.7 Å². The van der Waals surface area contributed by atoms with Gasteiger partial charge in [-0.2, -0.15) is 5.10 Å². The smallest absolute Gasteiger partial charge is 0.344 e. The van der Waals surface area contributed by atoms with Gasteiger partial charge in [0.2, 0.25) is 0 Å². The Labute approximate surface area is 165 Å². The van der Waals surface area contributed by atoms with E-state index in [0.29, 0.717) is 11.3 Å². The van der Waals surface area contributed by atoms with Crippen LogP contribution in [-0.2, 0) is 9.53 Å². The third-order valence-corrected chi connectivity index (χ3v) is 3.39. The van der Waals surface area contributed by atoms with Crippen LogP contribution in [0.25, 0.3) is 0 Å². The van der Waals surface area contributed by atoms with Crippen LogP contribution < -0.4 is 10.2 Å². The Hall–Kier alpha value is -4.02. The summed E-state index contributed by atoms with van der Waals surface area (Å²) in [5, 5.41) is 25.7. The molecular formula is C18H18N4O7. The molecule has 0 aliphatic rings. The van der Waals surface area contributed by atoms with Gasteiger partial charge in [0.25, 0.3) is 5.69 Å². The number of nitrogens with zero attached hydrogens (tertiary/aromatic N) is 3. The van der Waals surface area contributed by atoms with E-state index in [1.807, 2.05) is 0 Å². The van der Waals surface area contributed by atoms with Crippen molar-refractivity contribution in [2.75, 3.05) is 12.0 Å². The molecule has 0 saturated heterocycles. The molecule has 0 aliphatic heterocycles. The predicted molar refractivity (Wildman–Crippen MR) is 104 cm³/mol. The second kappa shape index (κ2) is 9.78. The third kappa shape index (κ3) is 6.57. The van der Waals surface area contributed by atoms with Crippen molar-refractivity contribution in [3.05, 3.63) is 68.3 Å². The van der Waals surface area contributed by atoms with Gasteiger partial charge in [0.15, 0.2) is 6.61 Å². The van der Waals surface area contributed by atoms with Crippen LogP contribution in [0.5, 0.6) is 5.75 Å². The number of rotatable bonds is 9. The van der Waals surface area contributed by atoms with Gasteiger partial charge in [0.1, 0.15) is 11.4 Å². The number of nitro groups is 2. The lowest BCUT2D eigenvalue weighted by Gasteiger charge is -2.09. The molecule has 0 radical (unpaired) electrons. The van der Waals surface area contributed by atoms with Crippen LogP contribution >= 0.6 is 0 Å². The van der Waals surface area contributed by atoms with Crippen molar-refractivity contribution in [3.8, 4) is 5.75 Å². The highest BCUT2D eigenvalue weighted by molar-refractivity contribution is 5.81. The molecule has 0 aliphatic carbocycles. The number of nitrogens with one attached hydrogen (secondary N) is 1. The summed E-state index contributed by atoms with van der Waals surface area (Å²) in [5.74, 6) is -0.0126. The number of benzene rings is 2. The molecule has 0 spiro atoms. The van der Waals surface area contributed by atoms with Crippen LogP contribution in [-0.4, -0.2) is 34.7 Å². The van der Waals surface area contributed by atoms with E-state index in [1.54, 1.807) is 38.1 Å². The fraction of sp³-hybridized carbons (Fsp3) is 0.222. The van der Waals surface area contributed by atoms with E-state index in [1.165, 1.54) is 12.3 Å². The molecule has 11 heteroatoms. The number of non-ortho nitro benzene ring substituents is 1. The molecule has 0 unspecified atom stereocenters. The van der Waals surface area contributed by atoms with E-state index < -0.39 is 21.5 Å². The van der Waals surface area contributed by atoms with E-state index in [9.17, 15) is 25.0 Å². The first-order valence-electron chi connectivity index (χ1n) is 8.40. The summed E-state index contributed by atoms with van der Waals surface area (Å²) in [6.45, 7) is 3.27. The van der Waals surface area contributed by atoms with Crippen molar-refractivity contribution in [1.82, 2.24) is 0 Å². The van der Waals surface area contributed by atoms with E-state index in [0.717, 1.165) is 12.1 Å². The van der Waals surface area contributed by atoms with Crippen molar-refractivity contribution in [2.45, 2.75) is 20.0 Å². The molecule has 2 aromatic carbocycles. The molecule has 2 aromatic rings. The number of carbonyl (C=O) groups excluding carboxylic acids is 1. The fourth-order valence-electron chi connectivity index (χ4n) is 2.14. The third-order valence-electron chi connectivity index (χ3n) is 3.39. The topological polar surface area (TPSA) is 146 Å². The average molecular weight is 402 g/mol. The van der Waals surface area contributed by atoms with Crippen molar-refractivity contribution in [1.29, 1.82) is 0 Å². The SMILES string of the molecule is CC(C)OC(=O)COc1ccc(/C=N/Nc2ccc([N+](=O)[O-])cc2[N+](=O)[O-])cc1. The summed E-state index contributed by atoms with van der Waals surface area (Å²) in [5.41, 5.74) is 2.31. The highest BCUT2D eigenvalue weighted by atomic mass is 16.6. The maximum absolute atomic E-state index is 11.4. The number of hydrogen-bond donors (Lipinski definition) is 1. The standard InChI is InChI=1S/C18H18N4O7/c1-12(2)29-18(23)11-28-15-6-3-13(4-7-15)10-19-20-16-8-5-14(21(24)25)9-17(16)22(26)27/h3-10,12,20H,11H2,1-2H3/b19-10+. The van der Waals surface area contributed by atoms with E-state index in [4.69, 9.17) is 9.47 Å². The Balaban J connectivity index is 1.98. The van der Waals surface area contributed by atoms with Crippen molar-refractivity contribution >= 4 is 29.2 Å². The van der Waals surface area contributed by atoms with Gasteiger partial charge in [-0.1, -0.05) is 0 Å². The van der Waals surface area contributed by atoms with E-state index in [-0.39, 0.29) is 24.1 Å². The summed E-state index contributed by atoms with van der Waals surface area (Å²) in [4.78, 5) is 31.8. The first kappa shape index (κ1) is 21.3. The molecule has 0 saturated carbocycles. The first-order chi connectivity index (χ1) is 13.8. The molecule has 0 fully saturated rings. The quantitative estimate of drug-likeness (QED) is 0.291. The van der Waals surface area contributed by atoms with Crippen LogP contribution in [0, 0.1) is 20.2 Å². The minimum atomic E-state index is -0.735. The molecule has 152 valence electrons. The number of hydrazone groups is 1. The average Bonchev–Trinajstić information content (AvgIpc) is 2.66. The second-order valence-corrected chi connectivity index (χ2v) is 5.98. The maximum atomic E-state index is 11.4. The largest absolute Gasteiger partial charge is 0.482 e. The van der Waals surface area contributed by atoms with Gasteiger partial charge in [0, 0.05) is 6.07 Å². The van der Waals surface area contributed by atoms with Gasteiger partial charge < -0.3 is 9.47 Å². The van der Waals surface area contributed by atoms with E-state index in [2.05, 4.69) is 10.5 Å². The number of anilines is 1. The van der Waals surface area contributed by atoms with Gasteiger partial charge in [-0.15, -0.1) is 0 Å². The Kier molecular flexibility index (Phi) is 7.18. The number of hydrogen-bond acceptors (Lipinski definition) is 9. The lowest BCUT2D eigenvalue weighted by molar-refractivity contribution is -0.393. The van der Waals surface area contributed by atoms with Crippen molar-refractivity contribution < 1.29 is 24.1 Å². The molecule has 1 N–H and O–H groups in total. The zero-order valence-electron chi connectivity index (χ0n) is 15.6. The maximum Gasteiger partial charge on any atom is 0.344 e. The summed E-state index contributed by atoms with van der Waals surface area (Å²) in [7, 11) is 0. The molecule has 29 heavy (non-hydrogen) atoms. The predicted octanol–water partition coefficient (Wildman–Crippen LogP) is 3.28. The summed E-state index contributed by atoms with van der Waals surface area (Å²) < 4.78 is 10.3. The molecule has 0 heterocycles. The highest BCUT2D eigenvalue weighted by Gasteiger charge is 2.19. The zero-order valence-corrected chi connectivity index (χ0v) is 15.6. The molecule has 0 amide bonds. The molecular weight excluding hydrogens is 384 g/mol. The molecule has 0 bridgehead atoms. The van der Waals surface area contributed by atoms with Gasteiger partial charge in [0.05, 0.1) is 28.2 Å². The van der Waals surface area contributed by atoms with Crippen LogP contribution in [0.4, 0.5) is 17.1 Å². The van der Waals surface area contributed by atoms with Crippen molar-refractivity contribution in [3.63, 3.8) is 0 Å². The Morgan fingerprint density at radius 3 is 2.41 bits per heavy atom. The second-order valence-electron chi connectivity index (χ2n) is 5.98. The van der Waals surface area contributed by atoms with Gasteiger partial charge >= 0.3 is 11.7 Å². The first-order valence-corrected chi connectivity index (χ1v) is 8.40. The lowest BCUT2D eigenvalue weighted by Crippen LogP contribution is -2.18. The molecule has 2 rings (SSSR count). The molecule has 0 aromatic heterocycles. The number of nitro benzene ring substituents is 2. The number of ether oxygens (including phenoxy) is 2. The molecule has 0 atom stereocenters. The normalized spacial score (nSPS) is 10.7. The summed E-state index contributed by atoms with van der Waals surface area (Å²) >= 11 is 0. The highest BCUT2D eigenvalue weighted by Crippen LogP contribution is 2.28. The minimum absolute atomic E-state index is 0.0143. The minimum Gasteiger partial charge on any atom is -0.482 e. The van der Waals surface area contributed by atoms with Gasteiger partial charge in [-0.25, -0.2) is 4.79 Å². The number of carbonyl (C=O) groups is 1. The van der Waals surface area contributed by atoms with Crippen LogP contribution in [0.2, 0.25) is 0 Å². The van der Waals surface area contributed by atoms with Crippen LogP contribution in [0.1, 0.15) is 19.4 Å².